The first-order valence-electron chi connectivity index (χ1n) is 6.24. The van der Waals surface area contributed by atoms with E-state index in [1.54, 1.807) is 6.08 Å². The van der Waals surface area contributed by atoms with Crippen molar-refractivity contribution in [2.45, 2.75) is 65.3 Å². The molecule has 0 unspecified atom stereocenters. The lowest BCUT2D eigenvalue weighted by Crippen LogP contribution is -2.16. The summed E-state index contributed by atoms with van der Waals surface area (Å²) in [5, 5.41) is 8.34. The summed E-state index contributed by atoms with van der Waals surface area (Å²) in [6.45, 7) is 6.59. The van der Waals surface area contributed by atoms with E-state index >= 15 is 0 Å². The Hall–Kier alpha value is -0.340. The van der Waals surface area contributed by atoms with Gasteiger partial charge in [-0.1, -0.05) is 45.8 Å². The van der Waals surface area contributed by atoms with Gasteiger partial charge < -0.3 is 10.8 Å². The van der Waals surface area contributed by atoms with Crippen molar-refractivity contribution in [2.24, 2.45) is 5.73 Å². The molecule has 0 aliphatic heterocycles. The molecule has 0 atom stereocenters. The maximum atomic E-state index is 8.34. The molecule has 2 heteroatoms. The number of aliphatic hydroxyl groups excluding tert-OH is 1. The zero-order valence-corrected chi connectivity index (χ0v) is 10.7. The van der Waals surface area contributed by atoms with Crippen LogP contribution in [0.15, 0.2) is 12.2 Å². The van der Waals surface area contributed by atoms with E-state index < -0.39 is 0 Å². The van der Waals surface area contributed by atoms with Crippen LogP contribution < -0.4 is 5.73 Å². The molecule has 2 nitrogen and oxygen atoms in total. The molecule has 0 aromatic carbocycles. The number of allylic oxidation sites excluding steroid dienone is 1. The van der Waals surface area contributed by atoms with Crippen molar-refractivity contribution in [1.29, 1.82) is 0 Å². The summed E-state index contributed by atoms with van der Waals surface area (Å²) in [7, 11) is 0. The molecule has 0 aliphatic carbocycles. The third-order valence-corrected chi connectivity index (χ3v) is 2.30. The highest BCUT2D eigenvalue weighted by Crippen LogP contribution is 1.98. The van der Waals surface area contributed by atoms with Crippen LogP contribution in [0.4, 0.5) is 0 Å². The summed E-state index contributed by atoms with van der Waals surface area (Å²) < 4.78 is 0. The summed E-state index contributed by atoms with van der Waals surface area (Å²) >= 11 is 0. The molecule has 0 fully saturated rings. The van der Waals surface area contributed by atoms with E-state index in [9.17, 15) is 0 Å². The van der Waals surface area contributed by atoms with Gasteiger partial charge in [-0.15, -0.1) is 0 Å². The lowest BCUT2D eigenvalue weighted by Gasteiger charge is -1.99. The monoisotopic (exact) mass is 215 g/mol. The van der Waals surface area contributed by atoms with E-state index in [2.05, 4.69) is 20.8 Å². The van der Waals surface area contributed by atoms with Crippen LogP contribution in [-0.2, 0) is 0 Å². The van der Waals surface area contributed by atoms with Gasteiger partial charge in [-0.2, -0.15) is 0 Å². The van der Waals surface area contributed by atoms with Crippen LogP contribution in [0, 0.1) is 0 Å². The quantitative estimate of drug-likeness (QED) is 0.506. The fourth-order valence-corrected chi connectivity index (χ4v) is 0.993. The summed E-state index contributed by atoms with van der Waals surface area (Å²) in [6.07, 6.45) is 11.0. The van der Waals surface area contributed by atoms with Crippen LogP contribution in [0.2, 0.25) is 0 Å². The summed E-state index contributed by atoms with van der Waals surface area (Å²) in [5.41, 5.74) is 5.47. The Morgan fingerprint density at radius 1 is 1.07 bits per heavy atom. The van der Waals surface area contributed by atoms with Crippen molar-refractivity contribution in [3.05, 3.63) is 12.2 Å². The van der Waals surface area contributed by atoms with E-state index in [1.807, 2.05) is 6.08 Å². The molecule has 0 amide bonds. The SMILES string of the molecule is CCC(N)CC.CCCCC/C=C/CO. The van der Waals surface area contributed by atoms with Gasteiger partial charge in [0.1, 0.15) is 0 Å². The van der Waals surface area contributed by atoms with Gasteiger partial charge in [0.05, 0.1) is 6.61 Å². The highest BCUT2D eigenvalue weighted by atomic mass is 16.2. The van der Waals surface area contributed by atoms with E-state index in [0.717, 1.165) is 19.3 Å². The van der Waals surface area contributed by atoms with Crippen LogP contribution in [0.25, 0.3) is 0 Å². The van der Waals surface area contributed by atoms with Crippen molar-refractivity contribution < 1.29 is 5.11 Å². The van der Waals surface area contributed by atoms with Crippen LogP contribution >= 0.6 is 0 Å². The predicted molar refractivity (Wildman–Crippen MR) is 68.9 cm³/mol. The summed E-state index contributed by atoms with van der Waals surface area (Å²) in [6, 6.07) is 0.435. The van der Waals surface area contributed by atoms with Gasteiger partial charge in [0.2, 0.25) is 0 Å². The van der Waals surface area contributed by atoms with Crippen molar-refractivity contribution in [3.63, 3.8) is 0 Å². The third kappa shape index (κ3) is 19.9. The van der Waals surface area contributed by atoms with E-state index in [1.165, 1.54) is 19.3 Å². The van der Waals surface area contributed by atoms with Gasteiger partial charge in [-0.05, 0) is 25.7 Å². The van der Waals surface area contributed by atoms with E-state index in [0.29, 0.717) is 6.04 Å². The lowest BCUT2D eigenvalue weighted by atomic mass is 10.2. The van der Waals surface area contributed by atoms with Crippen LogP contribution in [-0.4, -0.2) is 17.8 Å². The fraction of sp³-hybridized carbons (Fsp3) is 0.846. The number of nitrogens with two attached hydrogens (primary N) is 1. The molecular weight excluding hydrogens is 186 g/mol. The first kappa shape index (κ1) is 17.1. The summed E-state index contributed by atoms with van der Waals surface area (Å²) in [5.74, 6) is 0. The average molecular weight is 215 g/mol. The Bertz CT molecular complexity index is 120. The fourth-order valence-electron chi connectivity index (χ4n) is 0.993. The third-order valence-electron chi connectivity index (χ3n) is 2.30. The Kier molecular flexibility index (Phi) is 18.3. The lowest BCUT2D eigenvalue weighted by molar-refractivity contribution is 0.342. The van der Waals surface area contributed by atoms with Gasteiger partial charge in [0.15, 0.2) is 0 Å². The largest absolute Gasteiger partial charge is 0.392 e. The van der Waals surface area contributed by atoms with Crippen molar-refractivity contribution in [2.75, 3.05) is 6.61 Å². The molecule has 0 radical (unpaired) electrons. The summed E-state index contributed by atoms with van der Waals surface area (Å²) in [4.78, 5) is 0. The zero-order chi connectivity index (χ0) is 11.9. The second-order valence-corrected chi connectivity index (χ2v) is 3.73. The highest BCUT2D eigenvalue weighted by Gasteiger charge is 1.88. The van der Waals surface area contributed by atoms with Gasteiger partial charge in [0, 0.05) is 6.04 Å². The second-order valence-electron chi connectivity index (χ2n) is 3.73. The molecule has 0 aliphatic rings. The predicted octanol–water partition coefficient (Wildman–Crippen LogP) is 3.25. The molecule has 0 aromatic rings. The zero-order valence-electron chi connectivity index (χ0n) is 10.7. The molecule has 0 spiro atoms. The van der Waals surface area contributed by atoms with E-state index in [-0.39, 0.29) is 6.61 Å². The smallest absolute Gasteiger partial charge is 0.0612 e. The van der Waals surface area contributed by atoms with Crippen molar-refractivity contribution in [1.82, 2.24) is 0 Å². The standard InChI is InChI=1S/C8H16O.C5H13N/c1-2-3-4-5-6-7-8-9;1-3-5(6)4-2/h6-7,9H,2-5,8H2,1H3;5H,3-4,6H2,1-2H3/b7-6+;. The molecule has 3 N–H and O–H groups in total. The maximum absolute atomic E-state index is 8.34. The molecule has 0 saturated heterocycles. The second kappa shape index (κ2) is 16.1. The van der Waals surface area contributed by atoms with Gasteiger partial charge in [-0.25, -0.2) is 0 Å². The normalized spacial score (nSPS) is 10.5. The minimum absolute atomic E-state index is 0.187. The van der Waals surface area contributed by atoms with Gasteiger partial charge in [-0.3, -0.25) is 0 Å². The molecule has 15 heavy (non-hydrogen) atoms. The number of unbranched alkanes of at least 4 members (excludes halogenated alkanes) is 3. The Balaban J connectivity index is 0. The van der Waals surface area contributed by atoms with Gasteiger partial charge in [0.25, 0.3) is 0 Å². The number of aliphatic hydroxyl groups is 1. The molecule has 0 saturated carbocycles. The van der Waals surface area contributed by atoms with Crippen molar-refractivity contribution >= 4 is 0 Å². The maximum Gasteiger partial charge on any atom is 0.0612 e. The number of hydrogen-bond acceptors (Lipinski definition) is 2. The topological polar surface area (TPSA) is 46.2 Å². The van der Waals surface area contributed by atoms with Crippen molar-refractivity contribution in [3.8, 4) is 0 Å². The van der Waals surface area contributed by atoms with Crippen LogP contribution in [0.1, 0.15) is 59.3 Å². The Morgan fingerprint density at radius 2 is 1.67 bits per heavy atom. The van der Waals surface area contributed by atoms with Gasteiger partial charge >= 0.3 is 0 Å². The minimum atomic E-state index is 0.187. The first-order chi connectivity index (χ1) is 7.22. The minimum Gasteiger partial charge on any atom is -0.392 e. The number of hydrogen-bond donors (Lipinski definition) is 2. The molecule has 0 aromatic heterocycles. The highest BCUT2D eigenvalue weighted by molar-refractivity contribution is 4.80. The molecule has 0 bridgehead atoms. The first-order valence-corrected chi connectivity index (χ1v) is 6.24. The molecule has 92 valence electrons. The Labute approximate surface area is 95.6 Å². The van der Waals surface area contributed by atoms with Crippen LogP contribution in [0.5, 0.6) is 0 Å². The van der Waals surface area contributed by atoms with Crippen LogP contribution in [0.3, 0.4) is 0 Å². The number of rotatable bonds is 7. The molecule has 0 heterocycles. The van der Waals surface area contributed by atoms with E-state index in [4.69, 9.17) is 10.8 Å². The molecule has 0 rings (SSSR count). The average Bonchev–Trinajstić information content (AvgIpc) is 2.29. The molecular formula is C13H29NO. The Morgan fingerprint density at radius 3 is 2.00 bits per heavy atom.